The highest BCUT2D eigenvalue weighted by Crippen LogP contribution is 2.24. The Morgan fingerprint density at radius 3 is 2.62 bits per heavy atom. The number of benzene rings is 1. The monoisotopic (exact) mass is 220 g/mol. The number of nitrogens with zero attached hydrogens (tertiary/aromatic N) is 1. The minimum Gasteiger partial charge on any atom is -0.392 e. The zero-order chi connectivity index (χ0) is 11.5. The van der Waals surface area contributed by atoms with Crippen molar-refractivity contribution in [3.63, 3.8) is 0 Å². The number of aliphatic hydroxyl groups excluding tert-OH is 1. The molecule has 0 bridgehead atoms. The number of carbonyl (C=O) groups is 1. The van der Waals surface area contributed by atoms with Crippen molar-refractivity contribution in [1.29, 1.82) is 0 Å². The molecule has 0 aromatic heterocycles. The maximum Gasteiger partial charge on any atom is 0.239 e. The molecule has 86 valence electrons. The van der Waals surface area contributed by atoms with Crippen molar-refractivity contribution in [3.05, 3.63) is 35.9 Å². The van der Waals surface area contributed by atoms with Gasteiger partial charge < -0.3 is 10.8 Å². The molecule has 1 aromatic rings. The van der Waals surface area contributed by atoms with Gasteiger partial charge >= 0.3 is 0 Å². The van der Waals surface area contributed by atoms with Gasteiger partial charge in [0.05, 0.1) is 6.10 Å². The summed E-state index contributed by atoms with van der Waals surface area (Å²) in [6, 6.07) is 9.04. The highest BCUT2D eigenvalue weighted by molar-refractivity contribution is 5.81. The smallest absolute Gasteiger partial charge is 0.239 e. The second kappa shape index (κ2) is 4.63. The van der Waals surface area contributed by atoms with Crippen LogP contribution in [0, 0.1) is 0 Å². The van der Waals surface area contributed by atoms with Crippen LogP contribution in [0.1, 0.15) is 18.0 Å². The van der Waals surface area contributed by atoms with E-state index >= 15 is 0 Å². The van der Waals surface area contributed by atoms with Crippen molar-refractivity contribution in [3.8, 4) is 0 Å². The van der Waals surface area contributed by atoms with Gasteiger partial charge in [0.15, 0.2) is 0 Å². The van der Waals surface area contributed by atoms with E-state index in [0.29, 0.717) is 19.5 Å². The summed E-state index contributed by atoms with van der Waals surface area (Å²) in [6.45, 7) is 1.23. The fourth-order valence-electron chi connectivity index (χ4n) is 2.19. The van der Waals surface area contributed by atoms with Gasteiger partial charge in [0.25, 0.3) is 0 Å². The Balaban J connectivity index is 2.21. The molecule has 1 fully saturated rings. The lowest BCUT2D eigenvalue weighted by Gasteiger charge is -2.24. The number of hydrogen-bond donors (Lipinski definition) is 2. The Hall–Kier alpha value is -1.39. The number of carbonyl (C=O) groups excluding carboxylic acids is 1. The number of aliphatic hydroxyl groups is 1. The third kappa shape index (κ3) is 2.23. The van der Waals surface area contributed by atoms with Gasteiger partial charge in [0, 0.05) is 13.1 Å². The van der Waals surface area contributed by atoms with Crippen molar-refractivity contribution in [1.82, 2.24) is 4.90 Å². The molecule has 1 aliphatic heterocycles. The summed E-state index contributed by atoms with van der Waals surface area (Å²) in [5, 5.41) is 9.48. The minimum absolute atomic E-state index is 0.342. The van der Waals surface area contributed by atoms with Crippen LogP contribution in [0.4, 0.5) is 0 Å². The first-order valence-electron chi connectivity index (χ1n) is 5.45. The summed E-state index contributed by atoms with van der Waals surface area (Å²) < 4.78 is 0. The van der Waals surface area contributed by atoms with E-state index in [1.807, 2.05) is 35.2 Å². The molecule has 0 aliphatic carbocycles. The quantitative estimate of drug-likeness (QED) is 0.769. The summed E-state index contributed by atoms with van der Waals surface area (Å²) in [4.78, 5) is 13.4. The van der Waals surface area contributed by atoms with Gasteiger partial charge in [-0.25, -0.2) is 0 Å². The van der Waals surface area contributed by atoms with Gasteiger partial charge in [-0.15, -0.1) is 0 Å². The molecule has 4 nitrogen and oxygen atoms in total. The molecule has 2 atom stereocenters. The number of likely N-dealkylation sites (tertiary alicyclic amines) is 1. The van der Waals surface area contributed by atoms with Crippen LogP contribution in [-0.2, 0) is 4.79 Å². The summed E-state index contributed by atoms with van der Waals surface area (Å²) in [5.41, 5.74) is 6.32. The van der Waals surface area contributed by atoms with E-state index in [1.165, 1.54) is 0 Å². The van der Waals surface area contributed by atoms with Gasteiger partial charge in [-0.05, 0) is 12.0 Å². The first-order chi connectivity index (χ1) is 7.68. The highest BCUT2D eigenvalue weighted by Gasteiger charge is 2.31. The molecule has 1 amide bonds. The molecule has 4 heteroatoms. The van der Waals surface area contributed by atoms with Crippen LogP contribution in [-0.4, -0.2) is 35.1 Å². The predicted octanol–water partition coefficient (Wildman–Crippen LogP) is 0.280. The fraction of sp³-hybridized carbons (Fsp3) is 0.417. The normalized spacial score (nSPS) is 23.2. The summed E-state index contributed by atoms with van der Waals surface area (Å²) in [7, 11) is 0. The summed E-state index contributed by atoms with van der Waals surface area (Å²) >= 11 is 0. The molecule has 1 aromatic carbocycles. The van der Waals surface area contributed by atoms with E-state index in [0.717, 1.165) is 5.56 Å². The van der Waals surface area contributed by atoms with Gasteiger partial charge in [0.2, 0.25) is 5.91 Å². The van der Waals surface area contributed by atoms with Gasteiger partial charge in [-0.3, -0.25) is 9.69 Å². The zero-order valence-corrected chi connectivity index (χ0v) is 9.04. The van der Waals surface area contributed by atoms with Crippen LogP contribution in [0.25, 0.3) is 0 Å². The van der Waals surface area contributed by atoms with Crippen LogP contribution >= 0.6 is 0 Å². The Morgan fingerprint density at radius 1 is 1.44 bits per heavy atom. The van der Waals surface area contributed by atoms with E-state index in [1.54, 1.807) is 0 Å². The second-order valence-corrected chi connectivity index (χ2v) is 4.15. The zero-order valence-electron chi connectivity index (χ0n) is 9.04. The molecule has 1 unspecified atom stereocenters. The Kier molecular flexibility index (Phi) is 3.22. The standard InChI is InChI=1S/C12H16N2O2/c13-12(16)11(9-4-2-1-3-5-9)14-7-6-10(15)8-14/h1-5,10-11,15H,6-8H2,(H2,13,16)/t10-,11?/m0/s1. The molecule has 16 heavy (non-hydrogen) atoms. The van der Waals surface area contributed by atoms with Gasteiger partial charge in [-0.1, -0.05) is 30.3 Å². The van der Waals surface area contributed by atoms with Crippen LogP contribution in [0.2, 0.25) is 0 Å². The van der Waals surface area contributed by atoms with Crippen molar-refractivity contribution >= 4 is 5.91 Å². The van der Waals surface area contributed by atoms with Gasteiger partial charge in [0.1, 0.15) is 6.04 Å². The molecule has 1 saturated heterocycles. The molecule has 2 rings (SSSR count). The lowest BCUT2D eigenvalue weighted by molar-refractivity contribution is -0.123. The van der Waals surface area contributed by atoms with Crippen molar-refractivity contribution in [2.24, 2.45) is 5.73 Å². The average molecular weight is 220 g/mol. The van der Waals surface area contributed by atoms with Crippen LogP contribution < -0.4 is 5.73 Å². The first kappa shape index (κ1) is 11.1. The van der Waals surface area contributed by atoms with Crippen LogP contribution in [0.5, 0.6) is 0 Å². The number of amides is 1. The lowest BCUT2D eigenvalue weighted by Crippen LogP contribution is -2.36. The number of primary amides is 1. The lowest BCUT2D eigenvalue weighted by atomic mass is 10.1. The number of nitrogens with two attached hydrogens (primary N) is 1. The van der Waals surface area contributed by atoms with Gasteiger partial charge in [-0.2, -0.15) is 0 Å². The summed E-state index contributed by atoms with van der Waals surface area (Å²) in [6.07, 6.45) is 0.363. The van der Waals surface area contributed by atoms with E-state index in [9.17, 15) is 9.90 Å². The number of β-amino-alcohol motifs (C(OH)–C–C–N with tert-alkyl or cyclic N) is 1. The Morgan fingerprint density at radius 2 is 2.12 bits per heavy atom. The van der Waals surface area contributed by atoms with Crippen LogP contribution in [0.15, 0.2) is 30.3 Å². The maximum absolute atomic E-state index is 11.5. The highest BCUT2D eigenvalue weighted by atomic mass is 16.3. The minimum atomic E-state index is -0.418. The topological polar surface area (TPSA) is 66.6 Å². The predicted molar refractivity (Wildman–Crippen MR) is 60.6 cm³/mol. The second-order valence-electron chi connectivity index (χ2n) is 4.15. The molecular formula is C12H16N2O2. The fourth-order valence-corrected chi connectivity index (χ4v) is 2.19. The van der Waals surface area contributed by atoms with E-state index < -0.39 is 6.04 Å². The molecular weight excluding hydrogens is 204 g/mol. The third-order valence-corrected chi connectivity index (χ3v) is 2.94. The largest absolute Gasteiger partial charge is 0.392 e. The molecule has 0 saturated carbocycles. The van der Waals surface area contributed by atoms with E-state index in [2.05, 4.69) is 0 Å². The molecule has 1 aliphatic rings. The average Bonchev–Trinajstić information content (AvgIpc) is 2.66. The molecule has 3 N–H and O–H groups in total. The Bertz CT molecular complexity index is 367. The SMILES string of the molecule is NC(=O)C(c1ccccc1)N1CC[C@H](O)C1. The van der Waals surface area contributed by atoms with Crippen LogP contribution in [0.3, 0.4) is 0 Å². The number of hydrogen-bond acceptors (Lipinski definition) is 3. The molecule has 1 heterocycles. The molecule has 0 radical (unpaired) electrons. The van der Waals surface area contributed by atoms with Crippen molar-refractivity contribution in [2.75, 3.05) is 13.1 Å². The molecule has 0 spiro atoms. The summed E-state index contributed by atoms with van der Waals surface area (Å²) in [5.74, 6) is -0.361. The Labute approximate surface area is 94.7 Å². The number of rotatable bonds is 3. The maximum atomic E-state index is 11.5. The van der Waals surface area contributed by atoms with Crippen molar-refractivity contribution in [2.45, 2.75) is 18.6 Å². The first-order valence-corrected chi connectivity index (χ1v) is 5.45. The van der Waals surface area contributed by atoms with E-state index in [4.69, 9.17) is 5.73 Å². The van der Waals surface area contributed by atoms with Crippen molar-refractivity contribution < 1.29 is 9.90 Å². The third-order valence-electron chi connectivity index (χ3n) is 2.94. The van der Waals surface area contributed by atoms with E-state index in [-0.39, 0.29) is 12.0 Å².